The molecule has 1 saturated carbocycles. The van der Waals surface area contributed by atoms with Gasteiger partial charge in [0.2, 0.25) is 0 Å². The molecule has 1 aromatic carbocycles. The summed E-state index contributed by atoms with van der Waals surface area (Å²) in [6.45, 7) is 0. The normalized spacial score (nSPS) is 22.1. The minimum Gasteiger partial charge on any atom is -0.456 e. The Morgan fingerprint density at radius 1 is 1.10 bits per heavy atom. The number of carbonyl (C=O) groups excluding carboxylic acids is 1. The van der Waals surface area contributed by atoms with Crippen LogP contribution in [0.4, 0.5) is 0 Å². The number of esters is 1. The van der Waals surface area contributed by atoms with Gasteiger partial charge in [0.1, 0.15) is 5.76 Å². The summed E-state index contributed by atoms with van der Waals surface area (Å²) >= 11 is 0. The Morgan fingerprint density at radius 2 is 1.81 bits per heavy atom. The van der Waals surface area contributed by atoms with E-state index in [1.54, 1.807) is 0 Å². The van der Waals surface area contributed by atoms with E-state index in [1.165, 1.54) is 6.08 Å². The number of aliphatic hydroxyl groups excluding tert-OH is 1. The summed E-state index contributed by atoms with van der Waals surface area (Å²) in [6, 6.07) is 9.39. The van der Waals surface area contributed by atoms with Crippen molar-refractivity contribution in [1.82, 2.24) is 0 Å². The number of hydrogen-bond acceptors (Lipinski definition) is 4. The quantitative estimate of drug-likeness (QED) is 0.868. The molecule has 0 radical (unpaired) electrons. The van der Waals surface area contributed by atoms with Crippen molar-refractivity contribution >= 4 is 5.97 Å². The van der Waals surface area contributed by atoms with Crippen LogP contribution in [0.3, 0.4) is 0 Å². The van der Waals surface area contributed by atoms with Crippen LogP contribution in [0.2, 0.25) is 0 Å². The van der Waals surface area contributed by atoms with Crippen LogP contribution in [0.1, 0.15) is 50.2 Å². The molecular weight excluding hydrogens is 268 g/mol. The SMILES string of the molecule is O=C1C=C(C[C@@H](O)c2ccccc2)OC2(CCCCC2)O1. The third kappa shape index (κ3) is 3.27. The molecule has 4 heteroatoms. The van der Waals surface area contributed by atoms with Crippen LogP contribution in [-0.4, -0.2) is 16.9 Å². The Kier molecular flexibility index (Phi) is 3.97. The fourth-order valence-electron chi connectivity index (χ4n) is 3.01. The Hall–Kier alpha value is -1.81. The van der Waals surface area contributed by atoms with Gasteiger partial charge in [-0.2, -0.15) is 0 Å². The van der Waals surface area contributed by atoms with E-state index < -0.39 is 11.9 Å². The monoisotopic (exact) mass is 288 g/mol. The van der Waals surface area contributed by atoms with Crippen LogP contribution in [0.15, 0.2) is 42.2 Å². The van der Waals surface area contributed by atoms with Crippen LogP contribution >= 0.6 is 0 Å². The zero-order valence-electron chi connectivity index (χ0n) is 12.0. The maximum absolute atomic E-state index is 11.8. The summed E-state index contributed by atoms with van der Waals surface area (Å²) in [4.78, 5) is 11.8. The standard InChI is InChI=1S/C17H20O4/c18-15(13-7-3-1-4-8-13)11-14-12-16(19)21-17(20-14)9-5-2-6-10-17/h1,3-4,7-8,12,15,18H,2,5-6,9-11H2/t15-/m1/s1. The largest absolute Gasteiger partial charge is 0.456 e. The van der Waals surface area contributed by atoms with Crippen LogP contribution in [0.25, 0.3) is 0 Å². The first-order chi connectivity index (χ1) is 10.2. The van der Waals surface area contributed by atoms with Gasteiger partial charge in [-0.3, -0.25) is 0 Å². The molecule has 0 amide bonds. The van der Waals surface area contributed by atoms with E-state index in [0.717, 1.165) is 37.7 Å². The van der Waals surface area contributed by atoms with Crippen molar-refractivity contribution in [2.24, 2.45) is 0 Å². The Labute approximate surface area is 124 Å². The van der Waals surface area contributed by atoms with Gasteiger partial charge in [0, 0.05) is 19.3 Å². The lowest BCUT2D eigenvalue weighted by Gasteiger charge is -2.39. The summed E-state index contributed by atoms with van der Waals surface area (Å²) < 4.78 is 11.3. The van der Waals surface area contributed by atoms with Gasteiger partial charge in [-0.25, -0.2) is 4.79 Å². The molecule has 1 spiro atoms. The van der Waals surface area contributed by atoms with Crippen LogP contribution in [0, 0.1) is 0 Å². The first kappa shape index (κ1) is 14.1. The highest BCUT2D eigenvalue weighted by atomic mass is 16.7. The predicted octanol–water partition coefficient (Wildman–Crippen LogP) is 3.23. The second-order valence-electron chi connectivity index (χ2n) is 5.74. The molecule has 4 nitrogen and oxygen atoms in total. The molecule has 1 heterocycles. The van der Waals surface area contributed by atoms with E-state index in [1.807, 2.05) is 30.3 Å². The van der Waals surface area contributed by atoms with E-state index in [-0.39, 0.29) is 5.97 Å². The second-order valence-corrected chi connectivity index (χ2v) is 5.74. The van der Waals surface area contributed by atoms with E-state index in [2.05, 4.69) is 0 Å². The first-order valence-electron chi connectivity index (χ1n) is 7.52. The summed E-state index contributed by atoms with van der Waals surface area (Å²) in [6.07, 6.45) is 5.59. The summed E-state index contributed by atoms with van der Waals surface area (Å²) in [7, 11) is 0. The number of rotatable bonds is 3. The Balaban J connectivity index is 1.71. The molecule has 0 saturated heterocycles. The summed E-state index contributed by atoms with van der Waals surface area (Å²) in [5.74, 6) is -0.640. The molecule has 0 aromatic heterocycles. The summed E-state index contributed by atoms with van der Waals surface area (Å²) in [5.41, 5.74) is 0.818. The van der Waals surface area contributed by atoms with E-state index in [0.29, 0.717) is 12.2 Å². The molecule has 112 valence electrons. The van der Waals surface area contributed by atoms with Crippen molar-refractivity contribution in [3.05, 3.63) is 47.7 Å². The van der Waals surface area contributed by atoms with Crippen molar-refractivity contribution < 1.29 is 19.4 Å². The second kappa shape index (κ2) is 5.90. The van der Waals surface area contributed by atoms with E-state index >= 15 is 0 Å². The maximum atomic E-state index is 11.8. The molecule has 3 rings (SSSR count). The van der Waals surface area contributed by atoms with Gasteiger partial charge in [-0.05, 0) is 18.4 Å². The van der Waals surface area contributed by atoms with Crippen LogP contribution in [-0.2, 0) is 14.3 Å². The van der Waals surface area contributed by atoms with Gasteiger partial charge in [-0.15, -0.1) is 0 Å². The minimum absolute atomic E-state index is 0.293. The van der Waals surface area contributed by atoms with Crippen molar-refractivity contribution in [2.75, 3.05) is 0 Å². The highest BCUT2D eigenvalue weighted by Gasteiger charge is 2.41. The van der Waals surface area contributed by atoms with Gasteiger partial charge >= 0.3 is 5.97 Å². The molecule has 0 unspecified atom stereocenters. The third-order valence-corrected chi connectivity index (χ3v) is 4.08. The molecule has 1 atom stereocenters. The average Bonchev–Trinajstić information content (AvgIpc) is 2.48. The average molecular weight is 288 g/mol. The smallest absolute Gasteiger partial charge is 0.337 e. The third-order valence-electron chi connectivity index (χ3n) is 4.08. The maximum Gasteiger partial charge on any atom is 0.337 e. The van der Waals surface area contributed by atoms with Crippen LogP contribution < -0.4 is 0 Å². The van der Waals surface area contributed by atoms with Crippen molar-refractivity contribution in [1.29, 1.82) is 0 Å². The first-order valence-corrected chi connectivity index (χ1v) is 7.52. The lowest BCUT2D eigenvalue weighted by molar-refractivity contribution is -0.234. The Bertz CT molecular complexity index is 529. The number of carbonyl (C=O) groups is 1. The molecule has 1 aliphatic carbocycles. The van der Waals surface area contributed by atoms with Crippen LogP contribution in [0.5, 0.6) is 0 Å². The predicted molar refractivity (Wildman–Crippen MR) is 77.1 cm³/mol. The molecular formula is C17H20O4. The van der Waals surface area contributed by atoms with Gasteiger partial charge in [0.05, 0.1) is 12.2 Å². The van der Waals surface area contributed by atoms with E-state index in [9.17, 15) is 9.90 Å². The number of ether oxygens (including phenoxy) is 2. The molecule has 1 fully saturated rings. The van der Waals surface area contributed by atoms with Gasteiger partial charge in [0.25, 0.3) is 5.79 Å². The van der Waals surface area contributed by atoms with E-state index in [4.69, 9.17) is 9.47 Å². The highest BCUT2D eigenvalue weighted by molar-refractivity contribution is 5.83. The molecule has 2 aliphatic rings. The molecule has 21 heavy (non-hydrogen) atoms. The van der Waals surface area contributed by atoms with Gasteiger partial charge in [0.15, 0.2) is 0 Å². The lowest BCUT2D eigenvalue weighted by atomic mass is 9.93. The zero-order valence-corrected chi connectivity index (χ0v) is 12.0. The topological polar surface area (TPSA) is 55.8 Å². The van der Waals surface area contributed by atoms with Crippen molar-refractivity contribution in [3.8, 4) is 0 Å². The molecule has 1 N–H and O–H groups in total. The van der Waals surface area contributed by atoms with Gasteiger partial charge < -0.3 is 14.6 Å². The Morgan fingerprint density at radius 3 is 2.52 bits per heavy atom. The molecule has 0 bridgehead atoms. The zero-order chi connectivity index (χ0) is 14.7. The van der Waals surface area contributed by atoms with Crippen molar-refractivity contribution in [2.45, 2.75) is 50.4 Å². The number of benzene rings is 1. The van der Waals surface area contributed by atoms with Gasteiger partial charge in [-0.1, -0.05) is 36.8 Å². The lowest BCUT2D eigenvalue weighted by Crippen LogP contribution is -2.42. The fraction of sp³-hybridized carbons (Fsp3) is 0.471. The minimum atomic E-state index is -0.796. The number of aliphatic hydroxyl groups is 1. The molecule has 1 aliphatic heterocycles. The highest BCUT2D eigenvalue weighted by Crippen LogP contribution is 2.38. The van der Waals surface area contributed by atoms with Crippen molar-refractivity contribution in [3.63, 3.8) is 0 Å². The molecule has 1 aromatic rings. The fourth-order valence-corrected chi connectivity index (χ4v) is 3.01. The summed E-state index contributed by atoms with van der Waals surface area (Å²) in [5, 5.41) is 10.3. The number of hydrogen-bond donors (Lipinski definition) is 1.